The van der Waals surface area contributed by atoms with Crippen molar-refractivity contribution in [3.05, 3.63) is 93.6 Å². The van der Waals surface area contributed by atoms with Crippen LogP contribution in [-0.2, 0) is 6.42 Å². The van der Waals surface area contributed by atoms with Crippen LogP contribution in [0.5, 0.6) is 11.5 Å². The van der Waals surface area contributed by atoms with Gasteiger partial charge in [-0.3, -0.25) is 9.91 Å². The third-order valence-electron chi connectivity index (χ3n) is 7.02. The van der Waals surface area contributed by atoms with Crippen LogP contribution in [0, 0.1) is 0 Å². The predicted molar refractivity (Wildman–Crippen MR) is 151 cm³/mol. The molecular weight excluding hydrogens is 537 g/mol. The Morgan fingerprint density at radius 1 is 0.974 bits per heavy atom. The number of hydrogen-bond acceptors (Lipinski definition) is 6. The van der Waals surface area contributed by atoms with E-state index in [0.717, 1.165) is 59.5 Å². The number of aromatic amines is 1. The minimum atomic E-state index is -0.427. The van der Waals surface area contributed by atoms with Crippen LogP contribution in [0.4, 0.5) is 4.79 Å². The molecule has 3 heterocycles. The Morgan fingerprint density at radius 2 is 1.74 bits per heavy atom. The number of nitrogens with zero attached hydrogens (tertiary/aromatic N) is 4. The summed E-state index contributed by atoms with van der Waals surface area (Å²) in [5, 5.41) is 12.4. The Hall–Kier alpha value is -3.75. The molecule has 200 valence electrons. The first-order valence-electron chi connectivity index (χ1n) is 12.9. The summed E-state index contributed by atoms with van der Waals surface area (Å²) in [5.74, 6) is 1.22. The van der Waals surface area contributed by atoms with Gasteiger partial charge < -0.3 is 14.5 Å². The number of benzene rings is 3. The monoisotopic (exact) mass is 563 g/mol. The SMILES string of the molecule is O=C(Oc1ccc(Cl)cc1)N1CCc2c([nH]c3ccc(Cl)cc23)C1c1ccc(OCCCN2CCN=N2)cc1. The summed E-state index contributed by atoms with van der Waals surface area (Å²) in [5.41, 5.74) is 4.05. The van der Waals surface area contributed by atoms with E-state index in [0.29, 0.717) is 35.4 Å². The highest BCUT2D eigenvalue weighted by molar-refractivity contribution is 6.31. The Labute approximate surface area is 236 Å². The van der Waals surface area contributed by atoms with Crippen LogP contribution in [0.15, 0.2) is 77.1 Å². The zero-order valence-electron chi connectivity index (χ0n) is 21.1. The maximum absolute atomic E-state index is 13.5. The average molecular weight is 564 g/mol. The lowest BCUT2D eigenvalue weighted by Gasteiger charge is -2.35. The topological polar surface area (TPSA) is 82.5 Å². The molecule has 0 saturated carbocycles. The molecule has 0 spiro atoms. The molecule has 2 aliphatic rings. The van der Waals surface area contributed by atoms with Gasteiger partial charge in [-0.25, -0.2) is 4.79 Å². The van der Waals surface area contributed by atoms with E-state index in [2.05, 4.69) is 15.3 Å². The molecule has 1 atom stereocenters. The summed E-state index contributed by atoms with van der Waals surface area (Å²) >= 11 is 12.3. The van der Waals surface area contributed by atoms with Gasteiger partial charge in [-0.05, 0) is 72.1 Å². The van der Waals surface area contributed by atoms with Gasteiger partial charge in [0.25, 0.3) is 0 Å². The molecule has 4 aromatic rings. The first-order chi connectivity index (χ1) is 19.0. The zero-order valence-corrected chi connectivity index (χ0v) is 22.7. The lowest BCUT2D eigenvalue weighted by molar-refractivity contribution is 0.135. The first-order valence-corrected chi connectivity index (χ1v) is 13.7. The Kier molecular flexibility index (Phi) is 7.30. The van der Waals surface area contributed by atoms with Gasteiger partial charge in [-0.15, -0.1) is 0 Å². The van der Waals surface area contributed by atoms with Crippen molar-refractivity contribution < 1.29 is 14.3 Å². The molecular formula is C29H27Cl2N5O3. The number of nitrogens with one attached hydrogen (secondary N) is 1. The molecule has 1 unspecified atom stereocenters. The molecule has 39 heavy (non-hydrogen) atoms. The second kappa shape index (κ2) is 11.2. The summed E-state index contributed by atoms with van der Waals surface area (Å²) in [6.45, 7) is 3.53. The predicted octanol–water partition coefficient (Wildman–Crippen LogP) is 7.07. The Bertz CT molecular complexity index is 1500. The quantitative estimate of drug-likeness (QED) is 0.244. The van der Waals surface area contributed by atoms with Crippen molar-refractivity contribution in [2.75, 3.05) is 32.8 Å². The fourth-order valence-electron chi connectivity index (χ4n) is 5.15. The molecule has 1 amide bonds. The van der Waals surface area contributed by atoms with Crippen LogP contribution < -0.4 is 9.47 Å². The van der Waals surface area contributed by atoms with Crippen molar-refractivity contribution in [1.29, 1.82) is 0 Å². The van der Waals surface area contributed by atoms with Gasteiger partial charge in [0.05, 0.1) is 19.7 Å². The largest absolute Gasteiger partial charge is 0.494 e. The highest BCUT2D eigenvalue weighted by Crippen LogP contribution is 2.40. The van der Waals surface area contributed by atoms with Gasteiger partial charge >= 0.3 is 6.09 Å². The lowest BCUT2D eigenvalue weighted by Crippen LogP contribution is -2.42. The summed E-state index contributed by atoms with van der Waals surface area (Å²) in [7, 11) is 0. The molecule has 1 aromatic heterocycles. The minimum Gasteiger partial charge on any atom is -0.494 e. The standard InChI is InChI=1S/C29H27Cl2N5O3/c30-20-4-9-23(10-5-20)39-29(37)36-15-12-24-25-18-21(31)6-11-26(25)33-27(24)28(36)19-2-7-22(8-3-19)38-17-1-14-35-16-13-32-34-35/h2-11,18,28,33H,1,12-17H2. The van der Waals surface area contributed by atoms with E-state index in [9.17, 15) is 4.79 Å². The molecule has 2 aliphatic heterocycles. The third kappa shape index (κ3) is 5.53. The Balaban J connectivity index is 1.25. The van der Waals surface area contributed by atoms with Crippen LogP contribution in [0.1, 0.15) is 29.3 Å². The molecule has 0 aliphatic carbocycles. The molecule has 1 N–H and O–H groups in total. The molecule has 0 radical (unpaired) electrons. The van der Waals surface area contributed by atoms with Crippen LogP contribution in [0.2, 0.25) is 10.0 Å². The molecule has 6 rings (SSSR count). The second-order valence-electron chi connectivity index (χ2n) is 9.55. The maximum atomic E-state index is 13.5. The number of ether oxygens (including phenoxy) is 2. The highest BCUT2D eigenvalue weighted by atomic mass is 35.5. The maximum Gasteiger partial charge on any atom is 0.416 e. The zero-order chi connectivity index (χ0) is 26.8. The van der Waals surface area contributed by atoms with Gasteiger partial charge in [0.2, 0.25) is 0 Å². The van der Waals surface area contributed by atoms with Gasteiger partial charge in [0, 0.05) is 46.2 Å². The van der Waals surface area contributed by atoms with E-state index < -0.39 is 6.09 Å². The number of carbonyl (C=O) groups is 1. The van der Waals surface area contributed by atoms with Crippen molar-refractivity contribution in [3.63, 3.8) is 0 Å². The summed E-state index contributed by atoms with van der Waals surface area (Å²) < 4.78 is 11.7. The van der Waals surface area contributed by atoms with Gasteiger partial charge in [-0.2, -0.15) is 5.11 Å². The van der Waals surface area contributed by atoms with E-state index in [1.807, 2.05) is 47.5 Å². The first kappa shape index (κ1) is 25.5. The van der Waals surface area contributed by atoms with E-state index in [4.69, 9.17) is 32.7 Å². The summed E-state index contributed by atoms with van der Waals surface area (Å²) in [6, 6.07) is 20.1. The normalized spacial score (nSPS) is 16.5. The molecule has 8 nitrogen and oxygen atoms in total. The smallest absolute Gasteiger partial charge is 0.416 e. The highest BCUT2D eigenvalue weighted by Gasteiger charge is 2.35. The number of rotatable bonds is 7. The molecule has 0 bridgehead atoms. The minimum absolute atomic E-state index is 0.366. The third-order valence-corrected chi connectivity index (χ3v) is 7.50. The van der Waals surface area contributed by atoms with Gasteiger partial charge in [-0.1, -0.05) is 40.6 Å². The Morgan fingerprint density at radius 3 is 2.51 bits per heavy atom. The average Bonchev–Trinajstić information content (AvgIpc) is 3.60. The van der Waals surface area contributed by atoms with Gasteiger partial charge in [0.1, 0.15) is 17.5 Å². The number of carbonyl (C=O) groups excluding carboxylic acids is 1. The van der Waals surface area contributed by atoms with Crippen LogP contribution in [0.25, 0.3) is 10.9 Å². The van der Waals surface area contributed by atoms with E-state index in [-0.39, 0.29) is 6.04 Å². The molecule has 3 aromatic carbocycles. The molecule has 0 fully saturated rings. The number of amides is 1. The van der Waals surface area contributed by atoms with Crippen molar-refractivity contribution >= 4 is 40.2 Å². The van der Waals surface area contributed by atoms with E-state index >= 15 is 0 Å². The molecule has 0 saturated heterocycles. The fraction of sp³-hybridized carbons (Fsp3) is 0.276. The number of halogens is 2. The number of fused-ring (bicyclic) bond motifs is 3. The van der Waals surface area contributed by atoms with Crippen LogP contribution in [-0.4, -0.2) is 53.8 Å². The van der Waals surface area contributed by atoms with Crippen molar-refractivity contribution in [1.82, 2.24) is 14.9 Å². The fourth-order valence-corrected chi connectivity index (χ4v) is 5.44. The van der Waals surface area contributed by atoms with Crippen LogP contribution in [0.3, 0.4) is 0 Å². The molecule has 10 heteroatoms. The van der Waals surface area contributed by atoms with Crippen LogP contribution >= 0.6 is 23.2 Å². The summed E-state index contributed by atoms with van der Waals surface area (Å²) in [4.78, 5) is 18.8. The van der Waals surface area contributed by atoms with E-state index in [1.54, 1.807) is 29.2 Å². The summed E-state index contributed by atoms with van der Waals surface area (Å²) in [6.07, 6.45) is 1.11. The number of aromatic nitrogens is 1. The van der Waals surface area contributed by atoms with Crippen molar-refractivity contribution in [3.8, 4) is 11.5 Å². The number of H-pyrrole nitrogens is 1. The van der Waals surface area contributed by atoms with Crippen molar-refractivity contribution in [2.24, 2.45) is 10.3 Å². The van der Waals surface area contributed by atoms with Gasteiger partial charge in [0.15, 0.2) is 0 Å². The number of hydrogen-bond donors (Lipinski definition) is 1. The lowest BCUT2D eigenvalue weighted by atomic mass is 9.92. The van der Waals surface area contributed by atoms with Crippen molar-refractivity contribution in [2.45, 2.75) is 18.9 Å². The second-order valence-corrected chi connectivity index (χ2v) is 10.4. The van der Waals surface area contributed by atoms with E-state index in [1.165, 1.54) is 0 Å².